The zero-order chi connectivity index (χ0) is 19.2. The summed E-state index contributed by atoms with van der Waals surface area (Å²) in [5.41, 5.74) is 0.923. The summed E-state index contributed by atoms with van der Waals surface area (Å²) in [6, 6.07) is 7.38. The van der Waals surface area contributed by atoms with Gasteiger partial charge in [0.2, 0.25) is 0 Å². The number of nitro benzene ring substituents is 1. The Bertz CT molecular complexity index is 687. The van der Waals surface area contributed by atoms with Crippen LogP contribution >= 0.6 is 0 Å². The van der Waals surface area contributed by atoms with E-state index in [1.165, 1.54) is 25.0 Å². The molecule has 0 atom stereocenters. The molecular formula is C20H28N4O3. The van der Waals surface area contributed by atoms with Gasteiger partial charge in [-0.2, -0.15) is 5.26 Å². The Morgan fingerprint density at radius 1 is 1.26 bits per heavy atom. The molecule has 0 aromatic heterocycles. The van der Waals surface area contributed by atoms with Gasteiger partial charge in [0.1, 0.15) is 5.69 Å². The summed E-state index contributed by atoms with van der Waals surface area (Å²) in [6.07, 6.45) is 7.02. The summed E-state index contributed by atoms with van der Waals surface area (Å²) >= 11 is 0. The molecule has 7 heteroatoms. The van der Waals surface area contributed by atoms with Crippen molar-refractivity contribution >= 4 is 11.4 Å². The molecule has 1 aliphatic carbocycles. The third-order valence-corrected chi connectivity index (χ3v) is 5.77. The summed E-state index contributed by atoms with van der Waals surface area (Å²) < 4.78 is 5.74. The maximum absolute atomic E-state index is 11.3. The first-order valence-electron chi connectivity index (χ1n) is 9.91. The zero-order valence-corrected chi connectivity index (χ0v) is 15.9. The first kappa shape index (κ1) is 19.6. The molecule has 146 valence electrons. The van der Waals surface area contributed by atoms with Crippen molar-refractivity contribution in [2.24, 2.45) is 0 Å². The molecule has 1 heterocycles. The summed E-state index contributed by atoms with van der Waals surface area (Å²) in [5.74, 6) is 0. The smallest absolute Gasteiger partial charge is 0.292 e. The fraction of sp³-hybridized carbons (Fsp3) is 0.650. The monoisotopic (exact) mass is 372 g/mol. The van der Waals surface area contributed by atoms with Gasteiger partial charge in [0.15, 0.2) is 0 Å². The van der Waals surface area contributed by atoms with Crippen molar-refractivity contribution < 1.29 is 9.66 Å². The normalized spacial score (nSPS) is 24.3. The van der Waals surface area contributed by atoms with Crippen molar-refractivity contribution in [1.29, 1.82) is 5.26 Å². The second-order valence-corrected chi connectivity index (χ2v) is 7.44. The van der Waals surface area contributed by atoms with E-state index in [4.69, 9.17) is 10.00 Å². The van der Waals surface area contributed by atoms with Gasteiger partial charge in [0.25, 0.3) is 5.69 Å². The summed E-state index contributed by atoms with van der Waals surface area (Å²) in [5, 5.41) is 23.6. The number of hydrogen-bond acceptors (Lipinski definition) is 6. The number of nitrogens with zero attached hydrogens (tertiary/aromatic N) is 3. The zero-order valence-electron chi connectivity index (χ0n) is 15.9. The molecule has 1 saturated carbocycles. The maximum Gasteiger partial charge on any atom is 0.292 e. The van der Waals surface area contributed by atoms with E-state index >= 15 is 0 Å². The number of anilines is 1. The number of nitro groups is 1. The molecule has 0 amide bonds. The van der Waals surface area contributed by atoms with Crippen molar-refractivity contribution in [1.82, 2.24) is 4.90 Å². The standard InChI is InChI=1S/C20H28N4O3/c1-2-27-18-6-4-17(5-7-18)23-11-9-16(10-12-23)22-19-13-15(14-21)3-8-20(19)24(25)26/h3,8,13,16-18,22H,2,4-7,9-12H2,1H3. The van der Waals surface area contributed by atoms with Crippen LogP contribution in [-0.4, -0.2) is 47.7 Å². The number of ether oxygens (including phenoxy) is 1. The van der Waals surface area contributed by atoms with E-state index in [-0.39, 0.29) is 11.7 Å². The molecule has 0 radical (unpaired) electrons. The highest BCUT2D eigenvalue weighted by molar-refractivity contribution is 5.64. The van der Waals surface area contributed by atoms with Gasteiger partial charge in [-0.05, 0) is 57.6 Å². The summed E-state index contributed by atoms with van der Waals surface area (Å²) in [7, 11) is 0. The van der Waals surface area contributed by atoms with Gasteiger partial charge in [-0.3, -0.25) is 10.1 Å². The molecule has 0 unspecified atom stereocenters. The molecule has 1 aromatic rings. The van der Waals surface area contributed by atoms with Crippen LogP contribution in [0.3, 0.4) is 0 Å². The topological polar surface area (TPSA) is 91.4 Å². The van der Waals surface area contributed by atoms with Crippen LogP contribution in [0.4, 0.5) is 11.4 Å². The lowest BCUT2D eigenvalue weighted by molar-refractivity contribution is -0.384. The van der Waals surface area contributed by atoms with Crippen LogP contribution < -0.4 is 5.32 Å². The fourth-order valence-electron chi connectivity index (χ4n) is 4.32. The molecule has 7 nitrogen and oxygen atoms in total. The minimum atomic E-state index is -0.393. The van der Waals surface area contributed by atoms with E-state index in [2.05, 4.69) is 23.2 Å². The molecule has 1 saturated heterocycles. The van der Waals surface area contributed by atoms with E-state index < -0.39 is 4.92 Å². The number of hydrogen-bond donors (Lipinski definition) is 1. The Hall–Kier alpha value is -2.17. The Morgan fingerprint density at radius 2 is 1.96 bits per heavy atom. The van der Waals surface area contributed by atoms with Crippen molar-refractivity contribution in [2.75, 3.05) is 25.0 Å². The van der Waals surface area contributed by atoms with Gasteiger partial charge in [-0.1, -0.05) is 0 Å². The molecule has 27 heavy (non-hydrogen) atoms. The Labute approximate surface area is 160 Å². The highest BCUT2D eigenvalue weighted by Gasteiger charge is 2.29. The highest BCUT2D eigenvalue weighted by Crippen LogP contribution is 2.30. The van der Waals surface area contributed by atoms with Crippen molar-refractivity contribution in [2.45, 2.75) is 63.6 Å². The van der Waals surface area contributed by atoms with E-state index in [9.17, 15) is 10.1 Å². The quantitative estimate of drug-likeness (QED) is 0.605. The number of likely N-dealkylation sites (tertiary alicyclic amines) is 1. The van der Waals surface area contributed by atoms with E-state index in [1.807, 2.05) is 0 Å². The second-order valence-electron chi connectivity index (χ2n) is 7.44. The van der Waals surface area contributed by atoms with Gasteiger partial charge in [0, 0.05) is 37.8 Å². The SMILES string of the molecule is CCOC1CCC(N2CCC(Nc3cc(C#N)ccc3[N+](=O)[O-])CC2)CC1. The third-order valence-electron chi connectivity index (χ3n) is 5.77. The van der Waals surface area contributed by atoms with E-state index in [0.29, 0.717) is 23.4 Å². The first-order chi connectivity index (χ1) is 13.1. The predicted octanol–water partition coefficient (Wildman–Crippen LogP) is 3.69. The van der Waals surface area contributed by atoms with Gasteiger partial charge in [0.05, 0.1) is 22.7 Å². The number of rotatable bonds is 6. The fourth-order valence-corrected chi connectivity index (χ4v) is 4.32. The molecule has 0 spiro atoms. The van der Waals surface area contributed by atoms with Crippen molar-refractivity contribution in [3.63, 3.8) is 0 Å². The van der Waals surface area contributed by atoms with Gasteiger partial charge in [-0.15, -0.1) is 0 Å². The lowest BCUT2D eigenvalue weighted by Crippen LogP contribution is -2.46. The van der Waals surface area contributed by atoms with Crippen LogP contribution in [0.2, 0.25) is 0 Å². The van der Waals surface area contributed by atoms with Gasteiger partial charge in [-0.25, -0.2) is 0 Å². The lowest BCUT2D eigenvalue weighted by atomic mass is 9.90. The molecule has 2 fully saturated rings. The largest absolute Gasteiger partial charge is 0.379 e. The average Bonchev–Trinajstić information content (AvgIpc) is 2.69. The molecule has 3 rings (SSSR count). The van der Waals surface area contributed by atoms with Crippen molar-refractivity contribution in [3.05, 3.63) is 33.9 Å². The summed E-state index contributed by atoms with van der Waals surface area (Å²) in [6.45, 7) is 4.87. The van der Waals surface area contributed by atoms with Crippen LogP contribution in [0.5, 0.6) is 0 Å². The molecule has 1 aromatic carbocycles. The minimum Gasteiger partial charge on any atom is -0.379 e. The molecule has 2 aliphatic rings. The van der Waals surface area contributed by atoms with Gasteiger partial charge < -0.3 is 15.0 Å². The van der Waals surface area contributed by atoms with Gasteiger partial charge >= 0.3 is 0 Å². The molecular weight excluding hydrogens is 344 g/mol. The van der Waals surface area contributed by atoms with Crippen LogP contribution in [0, 0.1) is 21.4 Å². The van der Waals surface area contributed by atoms with E-state index in [0.717, 1.165) is 45.4 Å². The van der Waals surface area contributed by atoms with Crippen molar-refractivity contribution in [3.8, 4) is 6.07 Å². The van der Waals surface area contributed by atoms with Crippen LogP contribution in [-0.2, 0) is 4.74 Å². The third kappa shape index (κ3) is 4.96. The molecule has 1 N–H and O–H groups in total. The van der Waals surface area contributed by atoms with Crippen LogP contribution in [0.15, 0.2) is 18.2 Å². The van der Waals surface area contributed by atoms with Crippen LogP contribution in [0.25, 0.3) is 0 Å². The molecule has 1 aliphatic heterocycles. The first-order valence-corrected chi connectivity index (χ1v) is 9.91. The maximum atomic E-state index is 11.3. The average molecular weight is 372 g/mol. The number of nitriles is 1. The Kier molecular flexibility index (Phi) is 6.64. The second kappa shape index (κ2) is 9.16. The number of piperidine rings is 1. The minimum absolute atomic E-state index is 0.0330. The summed E-state index contributed by atoms with van der Waals surface area (Å²) in [4.78, 5) is 13.4. The number of benzene rings is 1. The molecule has 0 bridgehead atoms. The lowest BCUT2D eigenvalue weighted by Gasteiger charge is -2.41. The van der Waals surface area contributed by atoms with E-state index in [1.54, 1.807) is 6.07 Å². The van der Waals surface area contributed by atoms with Crippen LogP contribution in [0.1, 0.15) is 51.0 Å². The Morgan fingerprint density at radius 3 is 2.56 bits per heavy atom. The highest BCUT2D eigenvalue weighted by atomic mass is 16.6. The Balaban J connectivity index is 1.53. The number of nitrogens with one attached hydrogen (secondary N) is 1. The predicted molar refractivity (Wildman–Crippen MR) is 104 cm³/mol.